The summed E-state index contributed by atoms with van der Waals surface area (Å²) in [6, 6.07) is 0. The van der Waals surface area contributed by atoms with Crippen LogP contribution in [-0.2, 0) is 9.53 Å². The Balaban J connectivity index is 4.47. The zero-order valence-electron chi connectivity index (χ0n) is 11.5. The van der Waals surface area contributed by atoms with E-state index in [1.54, 1.807) is 6.92 Å². The Labute approximate surface area is 105 Å². The van der Waals surface area contributed by atoms with Gasteiger partial charge < -0.3 is 9.84 Å². The molecule has 3 nitrogen and oxygen atoms in total. The predicted molar refractivity (Wildman–Crippen MR) is 69.7 cm³/mol. The minimum atomic E-state index is -0.395. The predicted octanol–water partition coefficient (Wildman–Crippen LogP) is 3.07. The van der Waals surface area contributed by atoms with Gasteiger partial charge in [-0.3, -0.25) is 0 Å². The highest BCUT2D eigenvalue weighted by atomic mass is 16.5. The molecule has 0 aromatic carbocycles. The van der Waals surface area contributed by atoms with Crippen molar-refractivity contribution < 1.29 is 14.6 Å². The van der Waals surface area contributed by atoms with Crippen LogP contribution < -0.4 is 0 Å². The van der Waals surface area contributed by atoms with Crippen molar-refractivity contribution in [2.45, 2.75) is 65.6 Å². The summed E-state index contributed by atoms with van der Waals surface area (Å²) in [5.74, 6) is -0.356. The third kappa shape index (κ3) is 5.87. The molecule has 0 fully saturated rings. The van der Waals surface area contributed by atoms with Gasteiger partial charge in [-0.15, -0.1) is 0 Å². The molecule has 0 amide bonds. The number of aliphatic hydroxyl groups is 1. The zero-order valence-corrected chi connectivity index (χ0v) is 11.5. The molecule has 3 heteroatoms. The van der Waals surface area contributed by atoms with Crippen LogP contribution in [0.15, 0.2) is 12.2 Å². The Hall–Kier alpha value is -0.830. The number of hydrogen-bond donors (Lipinski definition) is 1. The molecular weight excluding hydrogens is 216 g/mol. The number of ether oxygens (including phenoxy) is 1. The number of carbonyl (C=O) groups excluding carboxylic acids is 1. The maximum atomic E-state index is 11.4. The Morgan fingerprint density at radius 3 is 2.24 bits per heavy atom. The second kappa shape index (κ2) is 8.29. The lowest BCUT2D eigenvalue weighted by atomic mass is 9.89. The standard InChI is InChI=1S/C14H26O3/c1-6-8-12(13(15)9-7-2)11(5)17-14(16)10(3)4/h11-13,15H,3,6-9H2,1-2,4-5H3. The normalized spacial score (nSPS) is 16.1. The van der Waals surface area contributed by atoms with Crippen LogP contribution in [0.4, 0.5) is 0 Å². The maximum absolute atomic E-state index is 11.4. The highest BCUT2D eigenvalue weighted by Gasteiger charge is 2.26. The van der Waals surface area contributed by atoms with E-state index in [4.69, 9.17) is 4.74 Å². The van der Waals surface area contributed by atoms with Crippen LogP contribution in [0.5, 0.6) is 0 Å². The van der Waals surface area contributed by atoms with Gasteiger partial charge in [-0.1, -0.05) is 33.3 Å². The molecule has 1 N–H and O–H groups in total. The molecule has 100 valence electrons. The Kier molecular flexibility index (Phi) is 7.88. The lowest BCUT2D eigenvalue weighted by molar-refractivity contribution is -0.148. The van der Waals surface area contributed by atoms with Gasteiger partial charge in [0, 0.05) is 11.5 Å². The summed E-state index contributed by atoms with van der Waals surface area (Å²) < 4.78 is 5.30. The summed E-state index contributed by atoms with van der Waals surface area (Å²) in [5, 5.41) is 10.0. The van der Waals surface area contributed by atoms with E-state index in [0.717, 1.165) is 25.7 Å². The second-order valence-corrected chi connectivity index (χ2v) is 4.70. The van der Waals surface area contributed by atoms with Gasteiger partial charge in [0.05, 0.1) is 6.10 Å². The quantitative estimate of drug-likeness (QED) is 0.525. The Bertz CT molecular complexity index is 248. The molecule has 0 heterocycles. The minimum Gasteiger partial charge on any atom is -0.459 e. The molecule has 0 bridgehead atoms. The van der Waals surface area contributed by atoms with E-state index in [-0.39, 0.29) is 18.0 Å². The number of hydrogen-bond acceptors (Lipinski definition) is 3. The van der Waals surface area contributed by atoms with Crippen molar-refractivity contribution in [1.82, 2.24) is 0 Å². The second-order valence-electron chi connectivity index (χ2n) is 4.70. The average Bonchev–Trinajstić information content (AvgIpc) is 2.25. The molecule has 0 radical (unpaired) electrons. The Morgan fingerprint density at radius 1 is 1.29 bits per heavy atom. The molecule has 3 atom stereocenters. The van der Waals surface area contributed by atoms with E-state index in [0.29, 0.717) is 5.57 Å². The molecule has 3 unspecified atom stereocenters. The molecule has 0 aromatic rings. The van der Waals surface area contributed by atoms with E-state index in [1.807, 2.05) is 13.8 Å². The van der Waals surface area contributed by atoms with Crippen molar-refractivity contribution in [2.24, 2.45) is 5.92 Å². The molecule has 0 rings (SSSR count). The van der Waals surface area contributed by atoms with Gasteiger partial charge in [-0.25, -0.2) is 4.79 Å². The van der Waals surface area contributed by atoms with Crippen LogP contribution >= 0.6 is 0 Å². The summed E-state index contributed by atoms with van der Waals surface area (Å²) >= 11 is 0. The van der Waals surface area contributed by atoms with Gasteiger partial charge in [-0.05, 0) is 26.7 Å². The van der Waals surface area contributed by atoms with Crippen molar-refractivity contribution in [1.29, 1.82) is 0 Å². The topological polar surface area (TPSA) is 46.5 Å². The lowest BCUT2D eigenvalue weighted by Crippen LogP contribution is -2.33. The van der Waals surface area contributed by atoms with Crippen molar-refractivity contribution in [3.05, 3.63) is 12.2 Å². The summed E-state index contributed by atoms with van der Waals surface area (Å²) in [5.41, 5.74) is 0.400. The van der Waals surface area contributed by atoms with Crippen molar-refractivity contribution >= 4 is 5.97 Å². The SMILES string of the molecule is C=C(C)C(=O)OC(C)C(CCC)C(O)CCC. The highest BCUT2D eigenvalue weighted by molar-refractivity contribution is 5.87. The fraction of sp³-hybridized carbons (Fsp3) is 0.786. The van der Waals surface area contributed by atoms with Crippen LogP contribution in [0.2, 0.25) is 0 Å². The summed E-state index contributed by atoms with van der Waals surface area (Å²) in [4.78, 5) is 11.4. The van der Waals surface area contributed by atoms with E-state index in [9.17, 15) is 9.90 Å². The first-order valence-electron chi connectivity index (χ1n) is 6.48. The summed E-state index contributed by atoms with van der Waals surface area (Å²) in [6.45, 7) is 11.1. The van der Waals surface area contributed by atoms with Crippen molar-refractivity contribution in [3.8, 4) is 0 Å². The van der Waals surface area contributed by atoms with Gasteiger partial charge >= 0.3 is 5.97 Å². The smallest absolute Gasteiger partial charge is 0.333 e. The first kappa shape index (κ1) is 16.2. The molecule has 0 spiro atoms. The maximum Gasteiger partial charge on any atom is 0.333 e. The molecule has 0 aliphatic carbocycles. The van der Waals surface area contributed by atoms with E-state index < -0.39 is 6.10 Å². The molecule has 0 saturated carbocycles. The summed E-state index contributed by atoms with van der Waals surface area (Å²) in [6.07, 6.45) is 2.86. The molecule has 0 saturated heterocycles. The van der Waals surface area contributed by atoms with Crippen LogP contribution in [0.1, 0.15) is 53.4 Å². The molecule has 0 aromatic heterocycles. The lowest BCUT2D eigenvalue weighted by Gasteiger charge is -2.28. The van der Waals surface area contributed by atoms with Crippen LogP contribution in [0.25, 0.3) is 0 Å². The van der Waals surface area contributed by atoms with Gasteiger partial charge in [-0.2, -0.15) is 0 Å². The number of rotatable bonds is 8. The number of esters is 1. The van der Waals surface area contributed by atoms with E-state index >= 15 is 0 Å². The molecule has 17 heavy (non-hydrogen) atoms. The minimum absolute atomic E-state index is 0.0169. The highest BCUT2D eigenvalue weighted by Crippen LogP contribution is 2.22. The molecular formula is C14H26O3. The number of aliphatic hydroxyl groups excluding tert-OH is 1. The first-order chi connectivity index (χ1) is 7.93. The van der Waals surface area contributed by atoms with Crippen molar-refractivity contribution in [2.75, 3.05) is 0 Å². The largest absolute Gasteiger partial charge is 0.459 e. The van der Waals surface area contributed by atoms with Gasteiger partial charge in [0.1, 0.15) is 6.10 Å². The van der Waals surface area contributed by atoms with Crippen LogP contribution in [0, 0.1) is 5.92 Å². The van der Waals surface area contributed by atoms with E-state index in [2.05, 4.69) is 13.5 Å². The third-order valence-electron chi connectivity index (χ3n) is 2.95. The summed E-state index contributed by atoms with van der Waals surface area (Å²) in [7, 11) is 0. The number of carbonyl (C=O) groups is 1. The molecule has 0 aliphatic heterocycles. The monoisotopic (exact) mass is 242 g/mol. The average molecular weight is 242 g/mol. The van der Waals surface area contributed by atoms with Crippen LogP contribution in [-0.4, -0.2) is 23.3 Å². The van der Waals surface area contributed by atoms with E-state index in [1.165, 1.54) is 0 Å². The van der Waals surface area contributed by atoms with Gasteiger partial charge in [0.25, 0.3) is 0 Å². The van der Waals surface area contributed by atoms with Crippen LogP contribution in [0.3, 0.4) is 0 Å². The first-order valence-corrected chi connectivity index (χ1v) is 6.48. The third-order valence-corrected chi connectivity index (χ3v) is 2.95. The Morgan fingerprint density at radius 2 is 1.82 bits per heavy atom. The van der Waals surface area contributed by atoms with Crippen molar-refractivity contribution in [3.63, 3.8) is 0 Å². The van der Waals surface area contributed by atoms with Gasteiger partial charge in [0.2, 0.25) is 0 Å². The zero-order chi connectivity index (χ0) is 13.4. The fourth-order valence-electron chi connectivity index (χ4n) is 1.94. The fourth-order valence-corrected chi connectivity index (χ4v) is 1.94. The van der Waals surface area contributed by atoms with Gasteiger partial charge in [0.15, 0.2) is 0 Å². The molecule has 0 aliphatic rings.